The number of carbonyl (C=O) groups is 2. The van der Waals surface area contributed by atoms with Gasteiger partial charge in [0.1, 0.15) is 0 Å². The number of aliphatic hydroxyl groups is 2. The van der Waals surface area contributed by atoms with E-state index in [-0.39, 0.29) is 18.5 Å². The Labute approximate surface area is 424 Å². The molecule has 0 rings (SSSR count). The third-order valence-electron chi connectivity index (χ3n) is 13.9. The van der Waals surface area contributed by atoms with Crippen molar-refractivity contribution in [3.63, 3.8) is 0 Å². The second-order valence-corrected chi connectivity index (χ2v) is 20.7. The van der Waals surface area contributed by atoms with Gasteiger partial charge in [0.25, 0.3) is 0 Å². The van der Waals surface area contributed by atoms with Crippen molar-refractivity contribution in [3.8, 4) is 0 Å². The Morgan fingerprint density at radius 3 is 1.13 bits per heavy atom. The Kier molecular flexibility index (Phi) is 56.0. The first kappa shape index (κ1) is 66.1. The molecule has 6 heteroatoms. The molecule has 2 unspecified atom stereocenters. The monoisotopic (exact) mass is 956 g/mol. The Morgan fingerprint density at radius 1 is 0.412 bits per heavy atom. The molecule has 0 heterocycles. The zero-order chi connectivity index (χ0) is 49.3. The minimum absolute atomic E-state index is 0.0242. The highest BCUT2D eigenvalue weighted by Gasteiger charge is 2.20. The number of hydrogen-bond donors (Lipinski definition) is 3. The highest BCUT2D eigenvalue weighted by molar-refractivity contribution is 5.76. The summed E-state index contributed by atoms with van der Waals surface area (Å²) in [5.74, 6) is -0.0800. The number of amides is 1. The summed E-state index contributed by atoms with van der Waals surface area (Å²) in [4.78, 5) is 24.6. The van der Waals surface area contributed by atoms with Crippen LogP contribution in [0.25, 0.3) is 0 Å². The molecule has 6 nitrogen and oxygen atoms in total. The van der Waals surface area contributed by atoms with E-state index in [1.54, 1.807) is 0 Å². The molecule has 3 N–H and O–H groups in total. The van der Waals surface area contributed by atoms with Gasteiger partial charge in [0, 0.05) is 12.8 Å². The lowest BCUT2D eigenvalue weighted by Gasteiger charge is -2.22. The second kappa shape index (κ2) is 57.7. The molecule has 0 saturated carbocycles. The third-order valence-corrected chi connectivity index (χ3v) is 13.9. The van der Waals surface area contributed by atoms with Gasteiger partial charge in [-0.2, -0.15) is 0 Å². The summed E-state index contributed by atoms with van der Waals surface area (Å²) in [6.07, 6.45) is 71.4. The van der Waals surface area contributed by atoms with Crippen LogP contribution in [0.3, 0.4) is 0 Å². The molecule has 0 aromatic carbocycles. The fraction of sp³-hybridized carbons (Fsp3) is 0.871. The van der Waals surface area contributed by atoms with Crippen molar-refractivity contribution in [3.05, 3.63) is 36.5 Å². The van der Waals surface area contributed by atoms with Gasteiger partial charge in [-0.1, -0.05) is 262 Å². The number of esters is 1. The summed E-state index contributed by atoms with van der Waals surface area (Å²) < 4.78 is 5.46. The SMILES string of the molecule is CCCCCCCCC/C=C\CCCCCCCCCC(=O)OCCCCC/C=C\C=C/CCCCCCCCC(=O)NC(CO)C(O)CCCCCCCCCCCCCCCCCCCC. The minimum atomic E-state index is -0.680. The Morgan fingerprint density at radius 2 is 0.735 bits per heavy atom. The van der Waals surface area contributed by atoms with Crippen LogP contribution < -0.4 is 5.32 Å². The highest BCUT2D eigenvalue weighted by atomic mass is 16.5. The predicted molar refractivity (Wildman–Crippen MR) is 296 cm³/mol. The van der Waals surface area contributed by atoms with Gasteiger partial charge in [-0.3, -0.25) is 9.59 Å². The van der Waals surface area contributed by atoms with Gasteiger partial charge >= 0.3 is 5.97 Å². The third kappa shape index (κ3) is 53.4. The fourth-order valence-electron chi connectivity index (χ4n) is 9.27. The molecule has 0 aliphatic heterocycles. The number of allylic oxidation sites excluding steroid dienone is 6. The average molecular weight is 957 g/mol. The van der Waals surface area contributed by atoms with Crippen LogP contribution in [-0.2, 0) is 14.3 Å². The average Bonchev–Trinajstić information content (AvgIpc) is 3.34. The van der Waals surface area contributed by atoms with Gasteiger partial charge in [0.2, 0.25) is 5.91 Å². The summed E-state index contributed by atoms with van der Waals surface area (Å²) >= 11 is 0. The second-order valence-electron chi connectivity index (χ2n) is 20.7. The van der Waals surface area contributed by atoms with Crippen molar-refractivity contribution in [2.75, 3.05) is 13.2 Å². The molecule has 0 aliphatic rings. The predicted octanol–water partition coefficient (Wildman–Crippen LogP) is 18.8. The van der Waals surface area contributed by atoms with E-state index >= 15 is 0 Å². The maximum Gasteiger partial charge on any atom is 0.305 e. The Hall–Kier alpha value is -1.92. The first-order chi connectivity index (χ1) is 33.5. The number of ether oxygens (including phenoxy) is 1. The molecule has 0 radical (unpaired) electrons. The molecular formula is C62H117NO5. The molecule has 0 spiro atoms. The summed E-state index contributed by atoms with van der Waals surface area (Å²) in [6, 6.07) is -0.559. The molecule has 1 amide bonds. The van der Waals surface area contributed by atoms with Crippen LogP contribution in [-0.4, -0.2) is 47.4 Å². The van der Waals surface area contributed by atoms with Crippen LogP contribution in [0.15, 0.2) is 36.5 Å². The first-order valence-corrected chi connectivity index (χ1v) is 30.3. The quantitative estimate of drug-likeness (QED) is 0.0244. The molecule has 400 valence electrons. The van der Waals surface area contributed by atoms with Crippen LogP contribution in [0.5, 0.6) is 0 Å². The van der Waals surface area contributed by atoms with Crippen molar-refractivity contribution >= 4 is 11.9 Å². The number of hydrogen-bond acceptors (Lipinski definition) is 5. The van der Waals surface area contributed by atoms with E-state index in [2.05, 4.69) is 55.6 Å². The standard InChI is InChI=1S/C62H117NO5/c1-3-5-7-9-11-13-15-17-19-21-23-26-30-34-38-42-46-50-54-60(65)59(58-64)63-61(66)55-51-47-43-39-35-31-27-25-29-33-37-41-45-49-53-57-68-62(67)56-52-48-44-40-36-32-28-24-22-20-18-16-14-12-10-8-6-4-2/h20,22,25,29,33,37,59-60,64-65H,3-19,21,23-24,26-28,30-32,34-36,38-58H2,1-2H3,(H,63,66)/b22-20-,29-25-,37-33-. The summed E-state index contributed by atoms with van der Waals surface area (Å²) in [7, 11) is 0. The van der Waals surface area contributed by atoms with Gasteiger partial charge in [-0.25, -0.2) is 0 Å². The van der Waals surface area contributed by atoms with Crippen molar-refractivity contribution in [1.29, 1.82) is 0 Å². The van der Waals surface area contributed by atoms with Crippen LogP contribution >= 0.6 is 0 Å². The minimum Gasteiger partial charge on any atom is -0.466 e. The Bertz CT molecular complexity index is 1100. The van der Waals surface area contributed by atoms with Crippen LogP contribution in [0, 0.1) is 0 Å². The molecule has 0 saturated heterocycles. The molecule has 0 aromatic rings. The summed E-state index contributed by atoms with van der Waals surface area (Å²) in [5.41, 5.74) is 0. The zero-order valence-corrected chi connectivity index (χ0v) is 45.6. The van der Waals surface area contributed by atoms with E-state index in [9.17, 15) is 19.8 Å². The van der Waals surface area contributed by atoms with E-state index in [0.717, 1.165) is 77.0 Å². The van der Waals surface area contributed by atoms with Gasteiger partial charge in [-0.05, 0) is 83.5 Å². The van der Waals surface area contributed by atoms with Crippen LogP contribution in [0.4, 0.5) is 0 Å². The van der Waals surface area contributed by atoms with Crippen molar-refractivity contribution in [2.45, 2.75) is 334 Å². The van der Waals surface area contributed by atoms with Crippen LogP contribution in [0.2, 0.25) is 0 Å². The number of carbonyl (C=O) groups excluding carboxylic acids is 2. The summed E-state index contributed by atoms with van der Waals surface area (Å²) in [5, 5.41) is 23.3. The number of rotatable bonds is 56. The Balaban J connectivity index is 3.50. The maximum absolute atomic E-state index is 12.5. The molecular weight excluding hydrogens is 839 g/mol. The van der Waals surface area contributed by atoms with Gasteiger partial charge in [0.05, 0.1) is 25.4 Å². The van der Waals surface area contributed by atoms with E-state index < -0.39 is 12.1 Å². The number of nitrogens with one attached hydrogen (secondary N) is 1. The van der Waals surface area contributed by atoms with Crippen molar-refractivity contribution in [1.82, 2.24) is 5.32 Å². The molecule has 68 heavy (non-hydrogen) atoms. The maximum atomic E-state index is 12.5. The zero-order valence-electron chi connectivity index (χ0n) is 45.6. The molecule has 0 bridgehead atoms. The topological polar surface area (TPSA) is 95.9 Å². The van der Waals surface area contributed by atoms with E-state index in [0.29, 0.717) is 25.9 Å². The van der Waals surface area contributed by atoms with E-state index in [1.807, 2.05) is 0 Å². The van der Waals surface area contributed by atoms with Crippen LogP contribution in [0.1, 0.15) is 322 Å². The first-order valence-electron chi connectivity index (χ1n) is 30.3. The lowest BCUT2D eigenvalue weighted by Crippen LogP contribution is -2.45. The number of aliphatic hydroxyl groups excluding tert-OH is 2. The van der Waals surface area contributed by atoms with E-state index in [4.69, 9.17) is 4.74 Å². The van der Waals surface area contributed by atoms with Gasteiger partial charge in [0.15, 0.2) is 0 Å². The smallest absolute Gasteiger partial charge is 0.305 e. The molecule has 0 fully saturated rings. The summed E-state index contributed by atoms with van der Waals surface area (Å²) in [6.45, 7) is 4.91. The largest absolute Gasteiger partial charge is 0.466 e. The molecule has 2 atom stereocenters. The van der Waals surface area contributed by atoms with E-state index in [1.165, 1.54) is 212 Å². The molecule has 0 aromatic heterocycles. The molecule has 0 aliphatic carbocycles. The fourth-order valence-corrected chi connectivity index (χ4v) is 9.27. The van der Waals surface area contributed by atoms with Crippen molar-refractivity contribution < 1.29 is 24.5 Å². The normalized spacial score (nSPS) is 12.8. The van der Waals surface area contributed by atoms with Gasteiger partial charge in [-0.15, -0.1) is 0 Å². The highest BCUT2D eigenvalue weighted by Crippen LogP contribution is 2.17. The van der Waals surface area contributed by atoms with Crippen molar-refractivity contribution in [2.24, 2.45) is 0 Å². The lowest BCUT2D eigenvalue weighted by molar-refractivity contribution is -0.143. The number of unbranched alkanes of at least 4 members (excludes halogenated alkanes) is 40. The van der Waals surface area contributed by atoms with Gasteiger partial charge < -0.3 is 20.3 Å². The lowest BCUT2D eigenvalue weighted by atomic mass is 10.0.